The molecule has 0 aliphatic rings. The van der Waals surface area contributed by atoms with Gasteiger partial charge in [-0.05, 0) is 125 Å². The largest absolute Gasteiger partial charge is 0.493 e. The third kappa shape index (κ3) is 29.0. The first-order valence-corrected chi connectivity index (χ1v) is 41.3. The lowest BCUT2D eigenvalue weighted by atomic mass is 10.1. The molecule has 8 aromatic carbocycles. The quantitative estimate of drug-likeness (QED) is 0.0430. The second kappa shape index (κ2) is 48.8. The Bertz CT molecular complexity index is 3370. The van der Waals surface area contributed by atoms with Gasteiger partial charge in [0.2, 0.25) is 0 Å². The maximum Gasteiger partial charge on any atom is 0.186 e. The van der Waals surface area contributed by atoms with Crippen LogP contribution < -0.4 is 9.47 Å². The van der Waals surface area contributed by atoms with Gasteiger partial charge in [-0.1, -0.05) is 248 Å². The Morgan fingerprint density at radius 1 is 0.380 bits per heavy atom. The number of para-hydroxylation sites is 6. The lowest BCUT2D eigenvalue weighted by molar-refractivity contribution is 0.313. The Hall–Kier alpha value is -6.85. The van der Waals surface area contributed by atoms with E-state index in [1.807, 2.05) is 74.9 Å². The number of nitrogens with zero attached hydrogens (tertiary/aromatic N) is 2. The molecule has 0 saturated heterocycles. The van der Waals surface area contributed by atoms with E-state index in [2.05, 4.69) is 226 Å². The van der Waals surface area contributed by atoms with Gasteiger partial charge in [0.25, 0.3) is 0 Å². The standard InChI is InChI=1S/C18H23NOSi.C18H24O2Si.C15H13N.C15H14O.2C3H10OSi.8CH4/c1-20-21(2,3)14-8-13-19-17-11-6-4-9-15(17)16-10-5-7-12-18(16)19;1-19-21(2,3)15-9-14-20-18-13-8-7-12-17(18)16-10-5-4-6-11-16;1-2-11-16-14-9-5-3-7-12(14)13-8-4-6-10-15(13)16;1-2-12-16-15-11-7-6-10-14(15)13-8-4-3-5-9-13;2*1-4-5(2)3;;;;;;;;/h4-7,9-12H,8,13-14H2,1-3H3;4-8,10-13H,9,14-15H2,1-3H3;2-10H,1,11H2;2-11H,1,12H2;2*5H,1-3H3;8*1H4. The molecule has 10 aromatic rings. The first-order valence-electron chi connectivity index (χ1n) is 29.5. The summed E-state index contributed by atoms with van der Waals surface area (Å²) in [7, 11) is 2.96. The number of hydrogen-bond donors (Lipinski definition) is 0. The highest BCUT2D eigenvalue weighted by molar-refractivity contribution is 6.71. The number of ether oxygens (including phenoxy) is 2. The van der Waals surface area contributed by atoms with Crippen LogP contribution in [0.3, 0.4) is 0 Å². The molecule has 2 heterocycles. The van der Waals surface area contributed by atoms with Gasteiger partial charge in [-0.2, -0.15) is 0 Å². The van der Waals surface area contributed by atoms with Gasteiger partial charge >= 0.3 is 0 Å². The zero-order chi connectivity index (χ0) is 60.7. The molecule has 0 spiro atoms. The van der Waals surface area contributed by atoms with E-state index in [0.29, 0.717) is 6.61 Å². The van der Waals surface area contributed by atoms with Crippen molar-refractivity contribution in [3.05, 3.63) is 232 Å². The van der Waals surface area contributed by atoms with E-state index in [1.165, 1.54) is 67.2 Å². The van der Waals surface area contributed by atoms with Gasteiger partial charge in [-0.3, -0.25) is 0 Å². The molecular formula is C80H126N2O6Si4. The number of aromatic nitrogens is 2. The molecule has 2 aromatic heterocycles. The Morgan fingerprint density at radius 3 is 1.02 bits per heavy atom. The molecule has 12 heteroatoms. The summed E-state index contributed by atoms with van der Waals surface area (Å²) in [4.78, 5) is 0. The van der Waals surface area contributed by atoms with Gasteiger partial charge in [0, 0.05) is 96.3 Å². The maximum absolute atomic E-state index is 6.00. The first-order chi connectivity index (χ1) is 40.6. The molecule has 0 saturated carbocycles. The van der Waals surface area contributed by atoms with Crippen LogP contribution >= 0.6 is 0 Å². The molecule has 0 atom stereocenters. The van der Waals surface area contributed by atoms with Crippen LogP contribution in [0.15, 0.2) is 232 Å². The monoisotopic (exact) mass is 1320 g/mol. The van der Waals surface area contributed by atoms with Crippen molar-refractivity contribution in [3.63, 3.8) is 0 Å². The van der Waals surface area contributed by atoms with Crippen molar-refractivity contribution in [2.45, 2.75) is 150 Å². The van der Waals surface area contributed by atoms with E-state index in [0.717, 1.165) is 54.8 Å². The van der Waals surface area contributed by atoms with Crippen LogP contribution in [0.1, 0.15) is 72.3 Å². The van der Waals surface area contributed by atoms with Crippen molar-refractivity contribution in [2.75, 3.05) is 41.7 Å². The molecule has 10 rings (SSSR count). The molecular weight excluding hydrogens is 1200 g/mol. The van der Waals surface area contributed by atoms with Crippen molar-refractivity contribution in [2.24, 2.45) is 0 Å². The molecule has 92 heavy (non-hydrogen) atoms. The van der Waals surface area contributed by atoms with Gasteiger partial charge in [-0.25, -0.2) is 0 Å². The van der Waals surface area contributed by atoms with Crippen molar-refractivity contribution in [1.29, 1.82) is 0 Å². The van der Waals surface area contributed by atoms with E-state index < -0.39 is 34.7 Å². The minimum atomic E-state index is -1.47. The van der Waals surface area contributed by atoms with Gasteiger partial charge < -0.3 is 36.3 Å². The van der Waals surface area contributed by atoms with Crippen molar-refractivity contribution in [3.8, 4) is 33.8 Å². The highest BCUT2D eigenvalue weighted by Gasteiger charge is 2.21. The normalized spacial score (nSPS) is 10.1. The molecule has 0 aliphatic heterocycles. The Morgan fingerprint density at radius 2 is 0.685 bits per heavy atom. The molecule has 0 radical (unpaired) electrons. The first kappa shape index (κ1) is 91.6. The lowest BCUT2D eigenvalue weighted by Crippen LogP contribution is -2.28. The SMILES string of the molecule is C.C.C.C.C.C.C.C.C=CCOc1ccccc1-c1ccccc1.C=CCn1c2ccccc2c2ccccc21.CO[SiH](C)C.CO[SiH](C)C.CO[Si](C)(C)CCCOc1ccccc1-c1ccccc1.CO[Si](C)(C)CCCn1c2ccccc2c2ccccc21. The predicted molar refractivity (Wildman–Crippen MR) is 427 cm³/mol. The third-order valence-corrected chi connectivity index (χ3v) is 21.6. The molecule has 8 nitrogen and oxygen atoms in total. The van der Waals surface area contributed by atoms with Crippen LogP contribution in [0.5, 0.6) is 11.5 Å². The average Bonchev–Trinajstić information content (AvgIpc) is 1.63. The maximum atomic E-state index is 6.00. The van der Waals surface area contributed by atoms with E-state index >= 15 is 0 Å². The summed E-state index contributed by atoms with van der Waals surface area (Å²) in [6.07, 6.45) is 5.91. The van der Waals surface area contributed by atoms with Crippen LogP contribution in [0.2, 0.25) is 64.5 Å². The Balaban J connectivity index is -0.000000522. The van der Waals surface area contributed by atoms with E-state index in [-0.39, 0.29) is 59.4 Å². The zero-order valence-corrected chi connectivity index (χ0v) is 56.7. The molecule has 0 amide bonds. The summed E-state index contributed by atoms with van der Waals surface area (Å²) < 4.78 is 37.4. The number of allylic oxidation sites excluding steroid dienone is 1. The summed E-state index contributed by atoms with van der Waals surface area (Å²) >= 11 is 0. The van der Waals surface area contributed by atoms with Gasteiger partial charge in [0.05, 0.1) is 6.61 Å². The van der Waals surface area contributed by atoms with Crippen LogP contribution in [0.25, 0.3) is 65.9 Å². The fourth-order valence-corrected chi connectivity index (χ4v) is 11.6. The Labute approximate surface area is 568 Å². The predicted octanol–water partition coefficient (Wildman–Crippen LogP) is 24.2. The second-order valence-corrected chi connectivity index (χ2v) is 36.0. The van der Waals surface area contributed by atoms with Crippen LogP contribution in [-0.2, 0) is 30.8 Å². The van der Waals surface area contributed by atoms with Crippen molar-refractivity contribution < 1.29 is 27.2 Å². The van der Waals surface area contributed by atoms with E-state index in [1.54, 1.807) is 20.3 Å². The van der Waals surface area contributed by atoms with Crippen molar-refractivity contribution >= 4 is 78.3 Å². The molecule has 508 valence electrons. The van der Waals surface area contributed by atoms with Gasteiger partial charge in [0.15, 0.2) is 34.7 Å². The van der Waals surface area contributed by atoms with E-state index in [9.17, 15) is 0 Å². The number of aryl methyl sites for hydroxylation is 1. The van der Waals surface area contributed by atoms with E-state index in [4.69, 9.17) is 27.2 Å². The molecule has 0 bridgehead atoms. The summed E-state index contributed by atoms with van der Waals surface area (Å²) in [6, 6.07) is 73.6. The third-order valence-electron chi connectivity index (χ3n) is 14.4. The highest BCUT2D eigenvalue weighted by atomic mass is 28.4. The smallest absolute Gasteiger partial charge is 0.186 e. The molecule has 0 unspecified atom stereocenters. The highest BCUT2D eigenvalue weighted by Crippen LogP contribution is 2.33. The van der Waals surface area contributed by atoms with Crippen LogP contribution in [0.4, 0.5) is 0 Å². The number of fused-ring (bicyclic) bond motifs is 6. The van der Waals surface area contributed by atoms with Crippen LogP contribution in [0, 0.1) is 0 Å². The topological polar surface area (TPSA) is 65.2 Å². The number of hydrogen-bond acceptors (Lipinski definition) is 6. The van der Waals surface area contributed by atoms with Crippen molar-refractivity contribution in [1.82, 2.24) is 9.13 Å². The minimum absolute atomic E-state index is 0. The fraction of sp³-hybridized carbons (Fsp3) is 0.350. The lowest BCUT2D eigenvalue weighted by Gasteiger charge is -2.20. The number of rotatable bonds is 20. The molecule has 0 aliphatic carbocycles. The van der Waals surface area contributed by atoms with Gasteiger partial charge in [0.1, 0.15) is 18.1 Å². The zero-order valence-electron chi connectivity index (χ0n) is 52.4. The Kier molecular flexibility index (Phi) is 48.6. The molecule has 0 N–H and O–H groups in total. The second-order valence-electron chi connectivity index (χ2n) is 22.0. The average molecular weight is 1320 g/mol. The number of benzene rings is 8. The fourth-order valence-electron chi connectivity index (χ4n) is 9.17. The summed E-state index contributed by atoms with van der Waals surface area (Å²) in [5.74, 6) is 1.86. The minimum Gasteiger partial charge on any atom is -0.493 e. The summed E-state index contributed by atoms with van der Waals surface area (Å²) in [6.45, 7) is 28.3. The summed E-state index contributed by atoms with van der Waals surface area (Å²) in [5, 5.41) is 5.35. The summed E-state index contributed by atoms with van der Waals surface area (Å²) in [5.41, 5.74) is 9.88. The van der Waals surface area contributed by atoms with Gasteiger partial charge in [-0.15, -0.1) is 6.58 Å². The van der Waals surface area contributed by atoms with Crippen LogP contribution in [-0.4, -0.2) is 85.5 Å². The molecule has 0 fully saturated rings.